The van der Waals surface area contributed by atoms with Crippen molar-refractivity contribution in [1.29, 1.82) is 0 Å². The second-order valence-corrected chi connectivity index (χ2v) is 10.9. The minimum Gasteiger partial charge on any atom is -0.451 e. The summed E-state index contributed by atoms with van der Waals surface area (Å²) in [5.74, 6) is -1.04. The van der Waals surface area contributed by atoms with Gasteiger partial charge in [-0.3, -0.25) is 4.79 Å². The van der Waals surface area contributed by atoms with E-state index in [4.69, 9.17) is 4.74 Å². The van der Waals surface area contributed by atoms with Gasteiger partial charge in [0.2, 0.25) is 15.8 Å². The number of carbonyl (C=O) groups excluding carboxylic acids is 2. The predicted octanol–water partition coefficient (Wildman–Crippen LogP) is 3.76. The van der Waals surface area contributed by atoms with Crippen molar-refractivity contribution in [2.24, 2.45) is 0 Å². The van der Waals surface area contributed by atoms with E-state index in [9.17, 15) is 18.0 Å². The van der Waals surface area contributed by atoms with Crippen molar-refractivity contribution in [3.05, 3.63) is 59.3 Å². The fourth-order valence-electron chi connectivity index (χ4n) is 4.36. The van der Waals surface area contributed by atoms with E-state index in [-0.39, 0.29) is 16.2 Å². The molecule has 34 heavy (non-hydrogen) atoms. The van der Waals surface area contributed by atoms with E-state index in [2.05, 4.69) is 4.98 Å². The first-order valence-electron chi connectivity index (χ1n) is 11.3. The average molecular weight is 484 g/mol. The van der Waals surface area contributed by atoms with Crippen LogP contribution in [0.1, 0.15) is 46.2 Å². The van der Waals surface area contributed by atoms with E-state index in [0.717, 1.165) is 41.1 Å². The lowest BCUT2D eigenvalue weighted by molar-refractivity contribution is 0.0319. The standard InChI is InChI=1S/C25H29N3O5S/c1-16-23(19-9-5-6-10-21(19)26-16)24(29)17(2)33-25(30)20-15-18(34(31,32)27(3)4)11-12-22(20)28-13-7-8-14-28/h5-6,9-12,15,17,26H,7-8,13-14H2,1-4H3/t17-/m0/s1. The first-order chi connectivity index (χ1) is 16.1. The summed E-state index contributed by atoms with van der Waals surface area (Å²) in [5, 5.41) is 0.768. The van der Waals surface area contributed by atoms with Gasteiger partial charge in [0.1, 0.15) is 0 Å². The Balaban J connectivity index is 1.67. The number of aryl methyl sites for hydroxylation is 1. The van der Waals surface area contributed by atoms with Crippen LogP contribution in [0, 0.1) is 6.92 Å². The summed E-state index contributed by atoms with van der Waals surface area (Å²) in [5.41, 5.74) is 2.77. The van der Waals surface area contributed by atoms with Gasteiger partial charge in [-0.25, -0.2) is 17.5 Å². The lowest BCUT2D eigenvalue weighted by Gasteiger charge is -2.23. The van der Waals surface area contributed by atoms with Crippen molar-refractivity contribution >= 4 is 38.4 Å². The predicted molar refractivity (Wildman–Crippen MR) is 131 cm³/mol. The number of carbonyl (C=O) groups is 2. The van der Waals surface area contributed by atoms with E-state index in [0.29, 0.717) is 16.9 Å². The van der Waals surface area contributed by atoms with Crippen molar-refractivity contribution < 1.29 is 22.7 Å². The molecule has 1 aliphatic heterocycles. The van der Waals surface area contributed by atoms with Crippen LogP contribution < -0.4 is 4.90 Å². The van der Waals surface area contributed by atoms with Crippen LogP contribution in [0.5, 0.6) is 0 Å². The zero-order chi connectivity index (χ0) is 24.6. The molecular weight excluding hydrogens is 454 g/mol. The van der Waals surface area contributed by atoms with Crippen LogP contribution in [0.15, 0.2) is 47.4 Å². The van der Waals surface area contributed by atoms with E-state index in [1.54, 1.807) is 6.07 Å². The minimum atomic E-state index is -3.75. The zero-order valence-corrected chi connectivity index (χ0v) is 20.6. The third-order valence-electron chi connectivity index (χ3n) is 6.21. The second kappa shape index (κ2) is 9.23. The molecule has 2 heterocycles. The first kappa shape index (κ1) is 24.0. The Morgan fingerprint density at radius 2 is 1.76 bits per heavy atom. The van der Waals surface area contributed by atoms with Gasteiger partial charge in [0.25, 0.3) is 0 Å². The number of para-hydroxylation sites is 1. The van der Waals surface area contributed by atoms with Crippen LogP contribution in [0.3, 0.4) is 0 Å². The highest BCUT2D eigenvalue weighted by Crippen LogP contribution is 2.30. The quantitative estimate of drug-likeness (QED) is 0.406. The van der Waals surface area contributed by atoms with E-state index >= 15 is 0 Å². The fourth-order valence-corrected chi connectivity index (χ4v) is 5.29. The number of fused-ring (bicyclic) bond motifs is 1. The Hall–Kier alpha value is -3.17. The molecule has 8 nitrogen and oxygen atoms in total. The molecule has 180 valence electrons. The number of ether oxygens (including phenoxy) is 1. The average Bonchev–Trinajstić information content (AvgIpc) is 3.45. The summed E-state index contributed by atoms with van der Waals surface area (Å²) in [4.78, 5) is 31.8. The molecule has 2 aromatic carbocycles. The van der Waals surface area contributed by atoms with E-state index in [1.807, 2.05) is 36.1 Å². The lowest BCUT2D eigenvalue weighted by Crippen LogP contribution is -2.28. The van der Waals surface area contributed by atoms with E-state index < -0.39 is 22.1 Å². The van der Waals surface area contributed by atoms with Crippen LogP contribution in [0.2, 0.25) is 0 Å². The molecule has 9 heteroatoms. The largest absolute Gasteiger partial charge is 0.451 e. The van der Waals surface area contributed by atoms with Gasteiger partial charge in [-0.15, -0.1) is 0 Å². The SMILES string of the molecule is Cc1[nH]c2ccccc2c1C(=O)[C@H](C)OC(=O)c1cc(S(=O)(=O)N(C)C)ccc1N1CCCC1. The number of anilines is 1. The third kappa shape index (κ3) is 4.33. The van der Waals surface area contributed by atoms with Crippen LogP contribution in [-0.2, 0) is 14.8 Å². The minimum absolute atomic E-state index is 0.00107. The molecule has 4 rings (SSSR count). The molecule has 1 fully saturated rings. The molecule has 1 atom stereocenters. The smallest absolute Gasteiger partial charge is 0.341 e. The number of aromatic amines is 1. The Labute approximate surface area is 199 Å². The van der Waals surface area contributed by atoms with Gasteiger partial charge >= 0.3 is 5.97 Å². The molecule has 3 aromatic rings. The van der Waals surface area contributed by atoms with Crippen molar-refractivity contribution in [2.45, 2.75) is 37.7 Å². The number of esters is 1. The normalized spacial score (nSPS) is 15.1. The van der Waals surface area contributed by atoms with Gasteiger partial charge in [0.05, 0.1) is 16.1 Å². The van der Waals surface area contributed by atoms with Gasteiger partial charge in [0.15, 0.2) is 6.10 Å². The first-order valence-corrected chi connectivity index (χ1v) is 12.7. The molecule has 1 aliphatic rings. The molecule has 0 bridgehead atoms. The van der Waals surface area contributed by atoms with Crippen LogP contribution >= 0.6 is 0 Å². The number of nitrogens with one attached hydrogen (secondary N) is 1. The number of nitrogens with zero attached hydrogens (tertiary/aromatic N) is 2. The summed E-state index contributed by atoms with van der Waals surface area (Å²) in [6.07, 6.45) is 0.924. The molecule has 1 aromatic heterocycles. The zero-order valence-electron chi connectivity index (χ0n) is 19.8. The molecule has 0 aliphatic carbocycles. The number of hydrogen-bond acceptors (Lipinski definition) is 6. The van der Waals surface area contributed by atoms with Crippen molar-refractivity contribution in [3.63, 3.8) is 0 Å². The topological polar surface area (TPSA) is 99.8 Å². The molecule has 1 saturated heterocycles. The highest BCUT2D eigenvalue weighted by Gasteiger charge is 2.29. The molecule has 0 radical (unpaired) electrons. The molecular formula is C25H29N3O5S. The van der Waals surface area contributed by atoms with Crippen LogP contribution in [0.25, 0.3) is 10.9 Å². The fraction of sp³-hybridized carbons (Fsp3) is 0.360. The second-order valence-electron chi connectivity index (χ2n) is 8.74. The maximum absolute atomic E-state index is 13.3. The Bertz CT molecular complexity index is 1350. The summed E-state index contributed by atoms with van der Waals surface area (Å²) < 4.78 is 32.1. The number of Topliss-reactive ketones (excluding diaryl/α,β-unsaturated/α-hetero) is 1. The number of H-pyrrole nitrogens is 1. The Morgan fingerprint density at radius 1 is 1.09 bits per heavy atom. The highest BCUT2D eigenvalue weighted by molar-refractivity contribution is 7.89. The number of rotatable bonds is 7. The van der Waals surface area contributed by atoms with Crippen molar-refractivity contribution in [2.75, 3.05) is 32.1 Å². The molecule has 0 amide bonds. The van der Waals surface area contributed by atoms with Crippen LogP contribution in [0.4, 0.5) is 5.69 Å². The number of sulfonamides is 1. The Kier molecular flexibility index (Phi) is 6.51. The van der Waals surface area contributed by atoms with Crippen molar-refractivity contribution in [3.8, 4) is 0 Å². The lowest BCUT2D eigenvalue weighted by atomic mass is 10.0. The monoisotopic (exact) mass is 483 g/mol. The summed E-state index contributed by atoms with van der Waals surface area (Å²) >= 11 is 0. The van der Waals surface area contributed by atoms with Gasteiger partial charge in [-0.05, 0) is 51.0 Å². The van der Waals surface area contributed by atoms with Gasteiger partial charge in [0, 0.05) is 49.3 Å². The maximum atomic E-state index is 13.3. The highest BCUT2D eigenvalue weighted by atomic mass is 32.2. The summed E-state index contributed by atoms with van der Waals surface area (Å²) in [6.45, 7) is 4.88. The van der Waals surface area contributed by atoms with Crippen molar-refractivity contribution in [1.82, 2.24) is 9.29 Å². The molecule has 0 saturated carbocycles. The van der Waals surface area contributed by atoms with E-state index in [1.165, 1.54) is 33.2 Å². The number of aromatic nitrogens is 1. The maximum Gasteiger partial charge on any atom is 0.341 e. The number of ketones is 1. The van der Waals surface area contributed by atoms with Gasteiger partial charge < -0.3 is 14.6 Å². The van der Waals surface area contributed by atoms with Gasteiger partial charge in [-0.2, -0.15) is 0 Å². The third-order valence-corrected chi connectivity index (χ3v) is 8.02. The molecule has 1 N–H and O–H groups in total. The molecule has 0 spiro atoms. The van der Waals surface area contributed by atoms with Gasteiger partial charge in [-0.1, -0.05) is 18.2 Å². The number of benzene rings is 2. The molecule has 0 unspecified atom stereocenters. The Morgan fingerprint density at radius 3 is 2.44 bits per heavy atom. The summed E-state index contributed by atoms with van der Waals surface area (Å²) in [6, 6.07) is 12.0. The summed E-state index contributed by atoms with van der Waals surface area (Å²) in [7, 11) is -0.874. The number of hydrogen-bond donors (Lipinski definition) is 1. The van der Waals surface area contributed by atoms with Crippen LogP contribution in [-0.4, -0.2) is 62.7 Å².